The molecule has 2 aromatic rings. The molecule has 142 valence electrons. The molecule has 0 spiro atoms. The number of fused-ring (bicyclic) bond motifs is 1. The first kappa shape index (κ1) is 18.7. The molecule has 3 rings (SSSR count). The summed E-state index contributed by atoms with van der Waals surface area (Å²) >= 11 is 0. The summed E-state index contributed by atoms with van der Waals surface area (Å²) in [5, 5.41) is 0. The van der Waals surface area contributed by atoms with Crippen molar-refractivity contribution in [2.45, 2.75) is 39.0 Å². The Bertz CT molecular complexity index is 843. The van der Waals surface area contributed by atoms with Crippen molar-refractivity contribution in [3.8, 4) is 5.88 Å². The van der Waals surface area contributed by atoms with Crippen LogP contribution in [0.3, 0.4) is 0 Å². The number of benzene rings is 1. The fraction of sp³-hybridized carbons (Fsp3) is 0.350. The summed E-state index contributed by atoms with van der Waals surface area (Å²) in [6, 6.07) is 10.9. The van der Waals surface area contributed by atoms with E-state index in [9.17, 15) is 9.59 Å². The molecular weight excluding hydrogens is 346 g/mol. The van der Waals surface area contributed by atoms with Crippen LogP contribution in [0.2, 0.25) is 0 Å². The number of carbonyl (C=O) groups excluding carboxylic acids is 2. The Morgan fingerprint density at radius 1 is 1.19 bits per heavy atom. The summed E-state index contributed by atoms with van der Waals surface area (Å²) < 4.78 is 11.6. The van der Waals surface area contributed by atoms with E-state index in [4.69, 9.17) is 15.2 Å². The molecule has 2 heterocycles. The van der Waals surface area contributed by atoms with Crippen molar-refractivity contribution < 1.29 is 19.1 Å². The summed E-state index contributed by atoms with van der Waals surface area (Å²) in [7, 11) is 0. The molecule has 0 saturated heterocycles. The monoisotopic (exact) mass is 369 g/mol. The molecule has 0 fully saturated rings. The maximum Gasteiger partial charge on any atom is 0.413 e. The number of pyridine rings is 1. The number of nitrogens with zero attached hydrogens (tertiary/aromatic N) is 2. The number of rotatable bonds is 3. The minimum absolute atomic E-state index is 0.287. The first-order valence-electron chi connectivity index (χ1n) is 8.74. The minimum atomic E-state index is -0.670. The molecule has 1 atom stereocenters. The lowest BCUT2D eigenvalue weighted by Gasteiger charge is -2.37. The van der Waals surface area contributed by atoms with Gasteiger partial charge in [-0.25, -0.2) is 9.78 Å². The number of carbonyl (C=O) groups is 2. The average molecular weight is 369 g/mol. The lowest BCUT2D eigenvalue weighted by molar-refractivity contribution is -0.0268. The number of aromatic nitrogens is 1. The third-order valence-corrected chi connectivity index (χ3v) is 4.11. The predicted molar refractivity (Wildman–Crippen MR) is 99.2 cm³/mol. The van der Waals surface area contributed by atoms with Gasteiger partial charge in [-0.2, -0.15) is 0 Å². The number of hydrogen-bond acceptors (Lipinski definition) is 5. The van der Waals surface area contributed by atoms with Crippen LogP contribution in [0.5, 0.6) is 5.88 Å². The fourth-order valence-corrected chi connectivity index (χ4v) is 2.87. The van der Waals surface area contributed by atoms with E-state index in [0.29, 0.717) is 13.0 Å². The van der Waals surface area contributed by atoms with Crippen LogP contribution in [0.25, 0.3) is 0 Å². The number of amides is 2. The normalized spacial score (nSPS) is 16.4. The third-order valence-electron chi connectivity index (χ3n) is 4.11. The van der Waals surface area contributed by atoms with Crippen LogP contribution in [0, 0.1) is 0 Å². The van der Waals surface area contributed by atoms with Crippen LogP contribution >= 0.6 is 0 Å². The Kier molecular flexibility index (Phi) is 5.03. The predicted octanol–water partition coefficient (Wildman–Crippen LogP) is 3.05. The van der Waals surface area contributed by atoms with Crippen molar-refractivity contribution in [2.75, 3.05) is 6.54 Å². The molecule has 27 heavy (non-hydrogen) atoms. The molecule has 1 aromatic heterocycles. The van der Waals surface area contributed by atoms with E-state index in [-0.39, 0.29) is 11.4 Å². The fourth-order valence-electron chi connectivity index (χ4n) is 2.87. The molecule has 2 N–H and O–H groups in total. The van der Waals surface area contributed by atoms with Crippen LogP contribution in [0.4, 0.5) is 4.79 Å². The Balaban J connectivity index is 1.90. The average Bonchev–Trinajstić information content (AvgIpc) is 2.61. The van der Waals surface area contributed by atoms with Gasteiger partial charge in [0.25, 0.3) is 0 Å². The molecule has 1 aliphatic rings. The Morgan fingerprint density at radius 2 is 1.93 bits per heavy atom. The molecular formula is C20H23N3O4. The lowest BCUT2D eigenvalue weighted by Crippen LogP contribution is -2.45. The van der Waals surface area contributed by atoms with Gasteiger partial charge in [0.05, 0.1) is 5.56 Å². The molecule has 1 aliphatic heterocycles. The van der Waals surface area contributed by atoms with Crippen molar-refractivity contribution in [3.63, 3.8) is 0 Å². The summed E-state index contributed by atoms with van der Waals surface area (Å²) in [4.78, 5) is 29.6. The van der Waals surface area contributed by atoms with Gasteiger partial charge in [0.1, 0.15) is 5.60 Å². The van der Waals surface area contributed by atoms with Crippen molar-refractivity contribution in [1.29, 1.82) is 0 Å². The van der Waals surface area contributed by atoms with Gasteiger partial charge in [0.2, 0.25) is 18.0 Å². The van der Waals surface area contributed by atoms with Gasteiger partial charge in [-0.3, -0.25) is 9.69 Å². The van der Waals surface area contributed by atoms with Gasteiger partial charge >= 0.3 is 6.09 Å². The zero-order valence-electron chi connectivity index (χ0n) is 15.6. The SMILES string of the molecule is CC(C)(C)OC(=O)N1CCc2ccccc2[C@@H]1Oc1ccc(C(N)=O)cn1. The zero-order valence-corrected chi connectivity index (χ0v) is 15.6. The van der Waals surface area contributed by atoms with Crippen LogP contribution in [0.1, 0.15) is 48.5 Å². The van der Waals surface area contributed by atoms with Crippen LogP contribution in [0.15, 0.2) is 42.6 Å². The second kappa shape index (κ2) is 7.26. The molecule has 0 unspecified atom stereocenters. The van der Waals surface area contributed by atoms with Gasteiger partial charge in [-0.05, 0) is 38.8 Å². The number of ether oxygens (including phenoxy) is 2. The molecule has 0 radical (unpaired) electrons. The van der Waals surface area contributed by atoms with Gasteiger partial charge in [0.15, 0.2) is 0 Å². The molecule has 1 aromatic carbocycles. The Hall–Kier alpha value is -3.09. The lowest BCUT2D eigenvalue weighted by atomic mass is 9.98. The number of primary amides is 1. The van der Waals surface area contributed by atoms with Crippen LogP contribution in [-0.2, 0) is 11.2 Å². The first-order chi connectivity index (χ1) is 12.7. The highest BCUT2D eigenvalue weighted by Crippen LogP contribution is 2.32. The summed E-state index contributed by atoms with van der Waals surface area (Å²) in [5.74, 6) is -0.275. The minimum Gasteiger partial charge on any atom is -0.449 e. The second-order valence-electron chi connectivity index (χ2n) is 7.34. The van der Waals surface area contributed by atoms with E-state index >= 15 is 0 Å². The van der Waals surface area contributed by atoms with E-state index in [0.717, 1.165) is 11.1 Å². The van der Waals surface area contributed by atoms with Gasteiger partial charge < -0.3 is 15.2 Å². The maximum absolute atomic E-state index is 12.7. The third kappa shape index (κ3) is 4.36. The summed E-state index contributed by atoms with van der Waals surface area (Å²) in [6.07, 6.45) is 0.945. The Morgan fingerprint density at radius 3 is 2.56 bits per heavy atom. The second-order valence-corrected chi connectivity index (χ2v) is 7.34. The molecule has 0 bridgehead atoms. The first-order valence-corrected chi connectivity index (χ1v) is 8.74. The molecule has 7 nitrogen and oxygen atoms in total. The largest absolute Gasteiger partial charge is 0.449 e. The standard InChI is InChI=1S/C20H23N3O4/c1-20(2,3)27-19(25)23-11-10-13-6-4-5-7-15(13)18(23)26-16-9-8-14(12-22-16)17(21)24/h4-9,12,18H,10-11H2,1-3H3,(H2,21,24)/t18-/m0/s1. The molecule has 0 saturated carbocycles. The number of hydrogen-bond donors (Lipinski definition) is 1. The van der Waals surface area contributed by atoms with Crippen molar-refractivity contribution in [1.82, 2.24) is 9.88 Å². The van der Waals surface area contributed by atoms with Gasteiger partial charge in [-0.1, -0.05) is 24.3 Å². The maximum atomic E-state index is 12.7. The quantitative estimate of drug-likeness (QED) is 0.897. The van der Waals surface area contributed by atoms with Crippen LogP contribution < -0.4 is 10.5 Å². The Labute approximate surface area is 158 Å². The summed E-state index contributed by atoms with van der Waals surface area (Å²) in [5.41, 5.74) is 6.91. The highest BCUT2D eigenvalue weighted by molar-refractivity contribution is 5.92. The van der Waals surface area contributed by atoms with Gasteiger partial charge in [-0.15, -0.1) is 0 Å². The highest BCUT2D eigenvalue weighted by Gasteiger charge is 2.35. The van der Waals surface area contributed by atoms with Gasteiger partial charge in [0, 0.05) is 24.4 Å². The smallest absolute Gasteiger partial charge is 0.413 e. The topological polar surface area (TPSA) is 94.7 Å². The van der Waals surface area contributed by atoms with E-state index in [1.54, 1.807) is 11.0 Å². The number of nitrogens with two attached hydrogens (primary N) is 1. The zero-order chi connectivity index (χ0) is 19.6. The van der Waals surface area contributed by atoms with Crippen LogP contribution in [-0.4, -0.2) is 34.0 Å². The molecule has 2 amide bonds. The molecule has 0 aliphatic carbocycles. The van der Waals surface area contributed by atoms with E-state index in [2.05, 4.69) is 4.98 Å². The van der Waals surface area contributed by atoms with E-state index in [1.807, 2.05) is 45.0 Å². The summed E-state index contributed by atoms with van der Waals surface area (Å²) in [6.45, 7) is 5.93. The molecule has 7 heteroatoms. The van der Waals surface area contributed by atoms with Crippen molar-refractivity contribution in [2.24, 2.45) is 5.73 Å². The van der Waals surface area contributed by atoms with Crippen molar-refractivity contribution in [3.05, 3.63) is 59.3 Å². The van der Waals surface area contributed by atoms with E-state index < -0.39 is 23.8 Å². The van der Waals surface area contributed by atoms with Crippen molar-refractivity contribution >= 4 is 12.0 Å². The highest BCUT2D eigenvalue weighted by atomic mass is 16.6. The van der Waals surface area contributed by atoms with E-state index in [1.165, 1.54) is 12.3 Å².